The van der Waals surface area contributed by atoms with Crippen molar-refractivity contribution in [2.45, 2.75) is 91.3 Å². The van der Waals surface area contributed by atoms with E-state index in [1.807, 2.05) is 11.4 Å². The van der Waals surface area contributed by atoms with Crippen molar-refractivity contribution >= 4 is 17.1 Å². The predicted octanol–water partition coefficient (Wildman–Crippen LogP) is 6.18. The zero-order valence-electron chi connectivity index (χ0n) is 16.7. The lowest BCUT2D eigenvalue weighted by Crippen LogP contribution is -2.51. The first-order valence-electron chi connectivity index (χ1n) is 9.67. The maximum Gasteiger partial charge on any atom is 0.352 e. The lowest BCUT2D eigenvalue weighted by Gasteiger charge is -2.36. The van der Waals surface area contributed by atoms with Crippen LogP contribution < -0.4 is 0 Å². The van der Waals surface area contributed by atoms with Crippen LogP contribution in [-0.2, 0) is 13.0 Å². The normalized spacial score (nSPS) is 17.7. The smallest absolute Gasteiger partial charge is 0.352 e. The standard InChI is InChI=1S/C19H40O3Si2/c1-8-13-15-18-20-23(6,11-4)22-24(7,12-5)21-19(16-10-3)17-14-9-2/h11-12,19H,4-5,8-10,13-18H2,1-3,6-7H3. The Morgan fingerprint density at radius 2 is 1.46 bits per heavy atom. The summed E-state index contributed by atoms with van der Waals surface area (Å²) in [5.41, 5.74) is 3.77. The van der Waals surface area contributed by atoms with E-state index >= 15 is 0 Å². The van der Waals surface area contributed by atoms with Crippen LogP contribution in [0.3, 0.4) is 0 Å². The monoisotopic (exact) mass is 372 g/mol. The molecule has 0 aliphatic heterocycles. The molecule has 3 nitrogen and oxygen atoms in total. The highest BCUT2D eigenvalue weighted by Gasteiger charge is 2.41. The summed E-state index contributed by atoms with van der Waals surface area (Å²) in [4.78, 5) is 0. The van der Waals surface area contributed by atoms with Crippen LogP contribution >= 0.6 is 0 Å². The average Bonchev–Trinajstić information content (AvgIpc) is 2.57. The van der Waals surface area contributed by atoms with Gasteiger partial charge in [0.05, 0.1) is 0 Å². The molecule has 5 heteroatoms. The molecule has 0 saturated heterocycles. The number of rotatable bonds is 16. The Morgan fingerprint density at radius 3 is 1.96 bits per heavy atom. The van der Waals surface area contributed by atoms with Crippen molar-refractivity contribution in [1.82, 2.24) is 0 Å². The van der Waals surface area contributed by atoms with Gasteiger partial charge >= 0.3 is 17.1 Å². The second-order valence-corrected chi connectivity index (χ2v) is 13.0. The van der Waals surface area contributed by atoms with E-state index in [9.17, 15) is 0 Å². The van der Waals surface area contributed by atoms with Gasteiger partial charge in [0.1, 0.15) is 0 Å². The maximum atomic E-state index is 6.46. The molecule has 3 atom stereocenters. The topological polar surface area (TPSA) is 27.7 Å². The van der Waals surface area contributed by atoms with Crippen molar-refractivity contribution in [2.24, 2.45) is 0 Å². The van der Waals surface area contributed by atoms with Gasteiger partial charge in [0.15, 0.2) is 0 Å². The average molecular weight is 373 g/mol. The van der Waals surface area contributed by atoms with Crippen LogP contribution in [0.15, 0.2) is 24.6 Å². The fraction of sp³-hybridized carbons (Fsp3) is 0.789. The van der Waals surface area contributed by atoms with E-state index in [1.54, 1.807) is 0 Å². The van der Waals surface area contributed by atoms with E-state index in [4.69, 9.17) is 13.0 Å². The van der Waals surface area contributed by atoms with Crippen LogP contribution in [0.2, 0.25) is 13.1 Å². The number of hydrogen-bond donors (Lipinski definition) is 0. The lowest BCUT2D eigenvalue weighted by atomic mass is 10.1. The Morgan fingerprint density at radius 1 is 0.833 bits per heavy atom. The minimum absolute atomic E-state index is 0.257. The second-order valence-electron chi connectivity index (χ2n) is 6.77. The first-order valence-corrected chi connectivity index (χ1v) is 14.5. The zero-order chi connectivity index (χ0) is 18.5. The van der Waals surface area contributed by atoms with Crippen LogP contribution in [0.1, 0.15) is 72.1 Å². The quantitative estimate of drug-likeness (QED) is 0.239. The molecule has 3 unspecified atom stereocenters. The molecular formula is C19H40O3Si2. The summed E-state index contributed by atoms with van der Waals surface area (Å²) in [5, 5.41) is 0. The Hall–Kier alpha value is -0.206. The highest BCUT2D eigenvalue weighted by atomic mass is 28.5. The molecule has 0 aliphatic carbocycles. The zero-order valence-corrected chi connectivity index (χ0v) is 18.7. The van der Waals surface area contributed by atoms with Crippen molar-refractivity contribution in [3.63, 3.8) is 0 Å². The third kappa shape index (κ3) is 9.94. The molecule has 0 heterocycles. The van der Waals surface area contributed by atoms with Gasteiger partial charge in [-0.1, -0.05) is 64.3 Å². The van der Waals surface area contributed by atoms with E-state index in [0.29, 0.717) is 0 Å². The van der Waals surface area contributed by atoms with Crippen molar-refractivity contribution in [3.05, 3.63) is 24.6 Å². The highest BCUT2D eigenvalue weighted by Crippen LogP contribution is 2.24. The molecule has 0 amide bonds. The minimum Gasteiger partial charge on any atom is -0.409 e. The first kappa shape index (κ1) is 23.8. The Labute approximate surface area is 153 Å². The van der Waals surface area contributed by atoms with Crippen LogP contribution in [-0.4, -0.2) is 29.8 Å². The van der Waals surface area contributed by atoms with E-state index in [2.05, 4.69) is 47.0 Å². The summed E-state index contributed by atoms with van der Waals surface area (Å²) in [6.07, 6.45) is 9.37. The van der Waals surface area contributed by atoms with Crippen LogP contribution in [0, 0.1) is 0 Å². The van der Waals surface area contributed by atoms with Crippen molar-refractivity contribution in [3.8, 4) is 0 Å². The third-order valence-electron chi connectivity index (χ3n) is 4.17. The minimum atomic E-state index is -2.47. The second kappa shape index (κ2) is 13.1. The van der Waals surface area contributed by atoms with E-state index in [-0.39, 0.29) is 6.10 Å². The van der Waals surface area contributed by atoms with Crippen LogP contribution in [0.5, 0.6) is 0 Å². The highest BCUT2D eigenvalue weighted by molar-refractivity contribution is 6.84. The molecule has 0 aromatic carbocycles. The summed E-state index contributed by atoms with van der Waals surface area (Å²) in [5.74, 6) is 0. The molecule has 0 fully saturated rings. The fourth-order valence-corrected chi connectivity index (χ4v) is 8.60. The molecule has 0 radical (unpaired) electrons. The molecule has 0 rings (SSSR count). The molecule has 142 valence electrons. The first-order chi connectivity index (χ1) is 11.4. The number of unbranched alkanes of at least 4 members (excludes halogenated alkanes) is 3. The molecule has 0 saturated carbocycles. The molecule has 0 N–H and O–H groups in total. The van der Waals surface area contributed by atoms with Gasteiger partial charge in [0.2, 0.25) is 0 Å². The number of hydrogen-bond acceptors (Lipinski definition) is 3. The van der Waals surface area contributed by atoms with Gasteiger partial charge in [-0.05, 0) is 32.4 Å². The van der Waals surface area contributed by atoms with Gasteiger partial charge in [-0.3, -0.25) is 0 Å². The van der Waals surface area contributed by atoms with Gasteiger partial charge in [0, 0.05) is 12.7 Å². The fourth-order valence-electron chi connectivity index (χ4n) is 2.62. The Kier molecular flexibility index (Phi) is 12.9. The van der Waals surface area contributed by atoms with E-state index in [1.165, 1.54) is 25.7 Å². The summed E-state index contributed by atoms with van der Waals surface area (Å²) in [7, 11) is -4.89. The van der Waals surface area contributed by atoms with Crippen LogP contribution in [0.25, 0.3) is 0 Å². The molecule has 0 aromatic rings. The van der Waals surface area contributed by atoms with Crippen molar-refractivity contribution < 1.29 is 13.0 Å². The molecular weight excluding hydrogens is 332 g/mol. The Bertz CT molecular complexity index is 352. The third-order valence-corrected chi connectivity index (χ3v) is 10.5. The van der Waals surface area contributed by atoms with Crippen molar-refractivity contribution in [1.29, 1.82) is 0 Å². The molecule has 0 aromatic heterocycles. The molecule has 0 aliphatic rings. The van der Waals surface area contributed by atoms with E-state index in [0.717, 1.165) is 32.3 Å². The van der Waals surface area contributed by atoms with Gasteiger partial charge in [-0.15, -0.1) is 13.2 Å². The molecule has 24 heavy (non-hydrogen) atoms. The SMILES string of the molecule is C=C[Si](C)(OCCCCC)O[Si](C)(C=C)OC(CCC)CCCC. The summed E-state index contributed by atoms with van der Waals surface area (Å²) in [6.45, 7) is 19.5. The van der Waals surface area contributed by atoms with Gasteiger partial charge in [-0.25, -0.2) is 0 Å². The molecule has 0 bridgehead atoms. The molecule has 0 spiro atoms. The lowest BCUT2D eigenvalue weighted by molar-refractivity contribution is 0.127. The maximum absolute atomic E-state index is 6.46. The van der Waals surface area contributed by atoms with Gasteiger partial charge < -0.3 is 13.0 Å². The summed E-state index contributed by atoms with van der Waals surface area (Å²) in [6, 6.07) is 0. The predicted molar refractivity (Wildman–Crippen MR) is 109 cm³/mol. The van der Waals surface area contributed by atoms with Crippen LogP contribution in [0.4, 0.5) is 0 Å². The summed E-state index contributed by atoms with van der Waals surface area (Å²) >= 11 is 0. The van der Waals surface area contributed by atoms with Crippen molar-refractivity contribution in [2.75, 3.05) is 6.61 Å². The largest absolute Gasteiger partial charge is 0.409 e. The van der Waals surface area contributed by atoms with E-state index < -0.39 is 17.1 Å². The Balaban J connectivity index is 4.83. The summed E-state index contributed by atoms with van der Waals surface area (Å²) < 4.78 is 19.0. The van der Waals surface area contributed by atoms with Gasteiger partial charge in [-0.2, -0.15) is 0 Å². The van der Waals surface area contributed by atoms with Gasteiger partial charge in [0.25, 0.3) is 0 Å².